The van der Waals surface area contributed by atoms with Crippen molar-refractivity contribution in [1.29, 1.82) is 0 Å². The van der Waals surface area contributed by atoms with E-state index in [4.69, 9.17) is 0 Å². The molecule has 0 unspecified atom stereocenters. The lowest BCUT2D eigenvalue weighted by Gasteiger charge is -2.15. The number of amides is 1. The summed E-state index contributed by atoms with van der Waals surface area (Å²) in [6, 6.07) is 17.8. The standard InChI is InChI=1S/C25H27N5O2/c1-3-21(19-10-5-4-6-11-19)24(31)26-13-14-30-23-22(15-28-30)25(32)29(17-27-23)16-20-12-8-7-9-18(20)2/h4-12,15,17,21H,3,13-14,16H2,1-2H3,(H,26,31)/t21-/m0/s1. The first kappa shape index (κ1) is 21.5. The third-order valence-corrected chi connectivity index (χ3v) is 5.77. The second kappa shape index (κ2) is 9.60. The van der Waals surface area contributed by atoms with Crippen molar-refractivity contribution in [2.24, 2.45) is 0 Å². The first-order valence-electron chi connectivity index (χ1n) is 10.9. The van der Waals surface area contributed by atoms with Crippen LogP contribution in [0.15, 0.2) is 71.9 Å². The SMILES string of the molecule is CC[C@H](C(=O)NCCn1ncc2c(=O)n(Cc3ccccc3C)cnc21)c1ccccc1. The van der Waals surface area contributed by atoms with Gasteiger partial charge in [-0.05, 0) is 30.0 Å². The average Bonchev–Trinajstić information content (AvgIpc) is 3.22. The highest BCUT2D eigenvalue weighted by Crippen LogP contribution is 2.19. The van der Waals surface area contributed by atoms with Gasteiger partial charge in [-0.1, -0.05) is 61.5 Å². The molecular weight excluding hydrogens is 402 g/mol. The van der Waals surface area contributed by atoms with Gasteiger partial charge < -0.3 is 5.32 Å². The number of hydrogen-bond acceptors (Lipinski definition) is 4. The first-order chi connectivity index (χ1) is 15.6. The summed E-state index contributed by atoms with van der Waals surface area (Å²) >= 11 is 0. The number of nitrogens with one attached hydrogen (secondary N) is 1. The molecule has 7 heteroatoms. The normalized spacial score (nSPS) is 12.1. The van der Waals surface area contributed by atoms with Crippen molar-refractivity contribution in [1.82, 2.24) is 24.6 Å². The monoisotopic (exact) mass is 429 g/mol. The van der Waals surface area contributed by atoms with E-state index in [1.54, 1.807) is 21.8 Å². The number of nitrogens with zero attached hydrogens (tertiary/aromatic N) is 4. The Hall–Kier alpha value is -3.74. The summed E-state index contributed by atoms with van der Waals surface area (Å²) in [5, 5.41) is 7.80. The summed E-state index contributed by atoms with van der Waals surface area (Å²) < 4.78 is 3.27. The summed E-state index contributed by atoms with van der Waals surface area (Å²) in [5.74, 6) is -0.193. The fourth-order valence-electron chi connectivity index (χ4n) is 3.91. The van der Waals surface area contributed by atoms with E-state index in [9.17, 15) is 9.59 Å². The Bertz CT molecular complexity index is 1280. The number of fused-ring (bicyclic) bond motifs is 1. The Balaban J connectivity index is 1.44. The molecule has 0 radical (unpaired) electrons. The molecule has 0 bridgehead atoms. The van der Waals surface area contributed by atoms with Gasteiger partial charge in [-0.15, -0.1) is 0 Å². The van der Waals surface area contributed by atoms with Gasteiger partial charge in [0.05, 0.1) is 25.2 Å². The van der Waals surface area contributed by atoms with E-state index >= 15 is 0 Å². The maximum atomic E-state index is 12.9. The Labute approximate surface area is 186 Å². The number of carbonyl (C=O) groups is 1. The highest BCUT2D eigenvalue weighted by atomic mass is 16.2. The molecule has 0 spiro atoms. The molecule has 32 heavy (non-hydrogen) atoms. The van der Waals surface area contributed by atoms with Gasteiger partial charge in [-0.3, -0.25) is 14.2 Å². The smallest absolute Gasteiger partial charge is 0.264 e. The molecule has 7 nitrogen and oxygen atoms in total. The van der Waals surface area contributed by atoms with Gasteiger partial charge in [0.2, 0.25) is 5.91 Å². The minimum Gasteiger partial charge on any atom is -0.354 e. The zero-order chi connectivity index (χ0) is 22.5. The number of carbonyl (C=O) groups excluding carboxylic acids is 1. The molecule has 0 aliphatic rings. The quantitative estimate of drug-likeness (QED) is 0.466. The molecular formula is C25H27N5O2. The van der Waals surface area contributed by atoms with Gasteiger partial charge in [0, 0.05) is 6.54 Å². The summed E-state index contributed by atoms with van der Waals surface area (Å²) in [5.41, 5.74) is 3.62. The Morgan fingerprint density at radius 2 is 1.84 bits per heavy atom. The van der Waals surface area contributed by atoms with Gasteiger partial charge in [-0.2, -0.15) is 5.10 Å². The van der Waals surface area contributed by atoms with Crippen molar-refractivity contribution in [2.75, 3.05) is 6.54 Å². The van der Waals surface area contributed by atoms with Crippen LogP contribution in [0.4, 0.5) is 0 Å². The molecule has 4 aromatic rings. The van der Waals surface area contributed by atoms with Crippen LogP contribution < -0.4 is 10.9 Å². The molecule has 2 aromatic heterocycles. The molecule has 0 saturated carbocycles. The largest absolute Gasteiger partial charge is 0.354 e. The predicted octanol–water partition coefficient (Wildman–Crippen LogP) is 3.26. The van der Waals surface area contributed by atoms with E-state index in [2.05, 4.69) is 15.4 Å². The van der Waals surface area contributed by atoms with Crippen LogP contribution in [0.2, 0.25) is 0 Å². The predicted molar refractivity (Wildman–Crippen MR) is 125 cm³/mol. The van der Waals surface area contributed by atoms with E-state index in [1.165, 1.54) is 0 Å². The minimum atomic E-state index is -0.183. The fourth-order valence-corrected chi connectivity index (χ4v) is 3.91. The van der Waals surface area contributed by atoms with Crippen LogP contribution in [0.5, 0.6) is 0 Å². The molecule has 1 atom stereocenters. The van der Waals surface area contributed by atoms with Gasteiger partial charge in [0.15, 0.2) is 5.65 Å². The Kier molecular flexibility index (Phi) is 6.44. The zero-order valence-corrected chi connectivity index (χ0v) is 18.4. The third-order valence-electron chi connectivity index (χ3n) is 5.77. The molecule has 0 fully saturated rings. The van der Waals surface area contributed by atoms with Crippen molar-refractivity contribution in [2.45, 2.75) is 39.3 Å². The molecule has 164 valence electrons. The Morgan fingerprint density at radius 1 is 1.09 bits per heavy atom. The molecule has 1 amide bonds. The summed E-state index contributed by atoms with van der Waals surface area (Å²) in [4.78, 5) is 30.1. The van der Waals surface area contributed by atoms with Crippen LogP contribution >= 0.6 is 0 Å². The number of benzene rings is 2. The molecule has 2 heterocycles. The summed E-state index contributed by atoms with van der Waals surface area (Å²) in [7, 11) is 0. The van der Waals surface area contributed by atoms with Crippen molar-refractivity contribution in [3.05, 3.63) is 94.2 Å². The lowest BCUT2D eigenvalue weighted by Crippen LogP contribution is -2.32. The highest BCUT2D eigenvalue weighted by molar-refractivity contribution is 5.83. The van der Waals surface area contributed by atoms with Crippen LogP contribution in [0, 0.1) is 6.92 Å². The summed E-state index contributed by atoms with van der Waals surface area (Å²) in [6.45, 7) is 5.35. The molecule has 0 saturated heterocycles. The van der Waals surface area contributed by atoms with E-state index < -0.39 is 0 Å². The van der Waals surface area contributed by atoms with Gasteiger partial charge >= 0.3 is 0 Å². The lowest BCUT2D eigenvalue weighted by atomic mass is 9.96. The Morgan fingerprint density at radius 3 is 2.59 bits per heavy atom. The van der Waals surface area contributed by atoms with Gasteiger partial charge in [0.1, 0.15) is 11.7 Å². The number of aromatic nitrogens is 4. The van der Waals surface area contributed by atoms with Crippen LogP contribution in [0.25, 0.3) is 11.0 Å². The van der Waals surface area contributed by atoms with Crippen LogP contribution in [0.3, 0.4) is 0 Å². The van der Waals surface area contributed by atoms with Crippen molar-refractivity contribution < 1.29 is 4.79 Å². The lowest BCUT2D eigenvalue weighted by molar-refractivity contribution is -0.122. The average molecular weight is 430 g/mol. The van der Waals surface area contributed by atoms with Crippen molar-refractivity contribution in [3.63, 3.8) is 0 Å². The van der Waals surface area contributed by atoms with E-state index in [1.807, 2.05) is 68.4 Å². The minimum absolute atomic E-state index is 0.0105. The third kappa shape index (κ3) is 4.46. The zero-order valence-electron chi connectivity index (χ0n) is 18.4. The van der Waals surface area contributed by atoms with Crippen LogP contribution in [-0.2, 0) is 17.9 Å². The first-order valence-corrected chi connectivity index (χ1v) is 10.9. The van der Waals surface area contributed by atoms with Gasteiger partial charge in [0.25, 0.3) is 5.56 Å². The van der Waals surface area contributed by atoms with E-state index in [-0.39, 0.29) is 17.4 Å². The number of hydrogen-bond donors (Lipinski definition) is 1. The van der Waals surface area contributed by atoms with Gasteiger partial charge in [-0.25, -0.2) is 9.67 Å². The maximum absolute atomic E-state index is 12.9. The maximum Gasteiger partial charge on any atom is 0.264 e. The molecule has 0 aliphatic carbocycles. The fraction of sp³-hybridized carbons (Fsp3) is 0.280. The molecule has 0 aliphatic heterocycles. The molecule has 1 N–H and O–H groups in total. The van der Waals surface area contributed by atoms with Crippen LogP contribution in [-0.4, -0.2) is 31.8 Å². The molecule has 4 rings (SSSR count). The highest BCUT2D eigenvalue weighted by Gasteiger charge is 2.18. The number of aryl methyl sites for hydroxylation is 1. The topological polar surface area (TPSA) is 81.8 Å². The second-order valence-electron chi connectivity index (χ2n) is 7.87. The summed E-state index contributed by atoms with van der Waals surface area (Å²) in [6.07, 6.45) is 3.85. The number of rotatable bonds is 8. The van der Waals surface area contributed by atoms with E-state index in [0.717, 1.165) is 23.1 Å². The molecule has 2 aromatic carbocycles. The van der Waals surface area contributed by atoms with Crippen molar-refractivity contribution >= 4 is 16.9 Å². The second-order valence-corrected chi connectivity index (χ2v) is 7.87. The van der Waals surface area contributed by atoms with Crippen LogP contribution in [0.1, 0.15) is 36.0 Å². The van der Waals surface area contributed by atoms with E-state index in [0.29, 0.717) is 30.7 Å². The van der Waals surface area contributed by atoms with Crippen molar-refractivity contribution in [3.8, 4) is 0 Å².